The van der Waals surface area contributed by atoms with E-state index < -0.39 is 6.10 Å². The van der Waals surface area contributed by atoms with Crippen LogP contribution in [0.15, 0.2) is 11.6 Å². The molecule has 9 atom stereocenters. The molecule has 4 aliphatic rings. The lowest BCUT2D eigenvalue weighted by atomic mass is 9.47. The third-order valence-electron chi connectivity index (χ3n) is 18.5. The molecule has 0 aromatic heterocycles. The number of carbonyl (C=O) groups excluding carboxylic acids is 2. The molecule has 0 saturated heterocycles. The molecular weight excluding hydrogens is 825 g/mol. The summed E-state index contributed by atoms with van der Waals surface area (Å²) in [4.78, 5) is 26.2. The van der Waals surface area contributed by atoms with Crippen LogP contribution in [0, 0.1) is 46.3 Å². The normalized spacial score (nSPS) is 26.7. The minimum absolute atomic E-state index is 0.0933. The van der Waals surface area contributed by atoms with Gasteiger partial charge in [-0.05, 0) is 111 Å². The van der Waals surface area contributed by atoms with E-state index in [0.29, 0.717) is 24.9 Å². The van der Waals surface area contributed by atoms with Crippen molar-refractivity contribution < 1.29 is 23.8 Å². The van der Waals surface area contributed by atoms with Gasteiger partial charge in [0.2, 0.25) is 0 Å². The molecule has 67 heavy (non-hydrogen) atoms. The summed E-state index contributed by atoms with van der Waals surface area (Å²) >= 11 is 0. The summed E-state index contributed by atoms with van der Waals surface area (Å²) in [5.74, 6) is 4.68. The van der Waals surface area contributed by atoms with Gasteiger partial charge >= 0.3 is 11.9 Å². The Morgan fingerprint density at radius 3 is 1.64 bits per heavy atom. The van der Waals surface area contributed by atoms with E-state index in [9.17, 15) is 9.59 Å². The van der Waals surface area contributed by atoms with Crippen molar-refractivity contribution in [3.8, 4) is 0 Å². The molecule has 3 fully saturated rings. The van der Waals surface area contributed by atoms with Crippen LogP contribution in [0.25, 0.3) is 0 Å². The van der Waals surface area contributed by atoms with Crippen LogP contribution in [0.4, 0.5) is 0 Å². The first kappa shape index (κ1) is 58.2. The van der Waals surface area contributed by atoms with Gasteiger partial charge in [0, 0.05) is 12.8 Å². The fraction of sp³-hybridized carbons (Fsp3) is 0.935. The number of fused-ring (bicyclic) bond motifs is 5. The molecule has 5 heteroatoms. The van der Waals surface area contributed by atoms with Crippen LogP contribution >= 0.6 is 0 Å². The number of unbranched alkanes of at least 4 members (excludes halogenated alkanes) is 24. The Labute approximate surface area is 416 Å². The summed E-state index contributed by atoms with van der Waals surface area (Å²) < 4.78 is 18.6. The molecule has 0 radical (unpaired) electrons. The third-order valence-corrected chi connectivity index (χ3v) is 18.5. The quantitative estimate of drug-likeness (QED) is 0.0349. The van der Waals surface area contributed by atoms with Crippen LogP contribution in [-0.2, 0) is 23.8 Å². The third kappa shape index (κ3) is 20.7. The molecule has 0 bridgehead atoms. The van der Waals surface area contributed by atoms with E-state index in [4.69, 9.17) is 14.2 Å². The monoisotopic (exact) mass is 937 g/mol. The van der Waals surface area contributed by atoms with Crippen LogP contribution < -0.4 is 0 Å². The minimum atomic E-state index is -0.554. The predicted molar refractivity (Wildman–Crippen MR) is 284 cm³/mol. The Morgan fingerprint density at radius 1 is 0.582 bits per heavy atom. The summed E-state index contributed by atoms with van der Waals surface area (Å²) in [6.45, 7) is 17.6. The zero-order chi connectivity index (χ0) is 48.2. The second-order valence-electron chi connectivity index (χ2n) is 24.3. The van der Waals surface area contributed by atoms with Gasteiger partial charge in [0.15, 0.2) is 6.10 Å². The van der Waals surface area contributed by atoms with Gasteiger partial charge in [0.05, 0.1) is 12.7 Å². The lowest BCUT2D eigenvalue weighted by Gasteiger charge is -2.58. The molecular formula is C62H112O5. The van der Waals surface area contributed by atoms with Crippen LogP contribution in [-0.4, -0.2) is 37.4 Å². The molecule has 0 N–H and O–H groups in total. The average molecular weight is 938 g/mol. The number of hydrogen-bond acceptors (Lipinski definition) is 5. The number of hydrogen-bond donors (Lipinski definition) is 0. The van der Waals surface area contributed by atoms with Crippen molar-refractivity contribution in [1.29, 1.82) is 0 Å². The molecule has 0 aliphatic heterocycles. The summed E-state index contributed by atoms with van der Waals surface area (Å²) in [6.07, 6.45) is 50.7. The molecule has 0 heterocycles. The predicted octanol–water partition coefficient (Wildman–Crippen LogP) is 18.8. The van der Waals surface area contributed by atoms with Crippen LogP contribution in [0.5, 0.6) is 0 Å². The maximum Gasteiger partial charge on any atom is 0.306 e. The maximum atomic E-state index is 13.2. The smallest absolute Gasteiger partial charge is 0.306 e. The second-order valence-corrected chi connectivity index (χ2v) is 24.3. The number of esters is 2. The number of allylic oxidation sites excluding steroid dienone is 1. The van der Waals surface area contributed by atoms with Gasteiger partial charge in [-0.15, -0.1) is 0 Å². The zero-order valence-electron chi connectivity index (χ0n) is 45.7. The maximum absolute atomic E-state index is 13.2. The van der Waals surface area contributed by atoms with Crippen molar-refractivity contribution in [3.63, 3.8) is 0 Å². The fourth-order valence-corrected chi connectivity index (χ4v) is 14.2. The van der Waals surface area contributed by atoms with Crippen LogP contribution in [0.2, 0.25) is 0 Å². The van der Waals surface area contributed by atoms with E-state index >= 15 is 0 Å². The number of ether oxygens (including phenoxy) is 3. The SMILES string of the molecule is CCCCCCCCCCCCCCCC(=O)OCC(COC1CC[C@@]2(C)C(=CC[C@H]3[C@@H]4CC[C@H]([C@H](C)CCCC(C)C)[C@@]4(C)CC[C@@H]32)C1)OC(=O)CCCCCCCCCCCCCCC. The first-order valence-corrected chi connectivity index (χ1v) is 30.2. The Kier molecular flexibility index (Phi) is 28.9. The van der Waals surface area contributed by atoms with Gasteiger partial charge in [-0.1, -0.05) is 233 Å². The summed E-state index contributed by atoms with van der Waals surface area (Å²) in [5, 5.41) is 0. The molecule has 0 amide bonds. The second kappa shape index (κ2) is 33.3. The van der Waals surface area contributed by atoms with Crippen molar-refractivity contribution in [2.45, 2.75) is 311 Å². The minimum Gasteiger partial charge on any atom is -0.462 e. The van der Waals surface area contributed by atoms with E-state index in [2.05, 4.69) is 54.5 Å². The van der Waals surface area contributed by atoms with E-state index in [-0.39, 0.29) is 30.1 Å². The van der Waals surface area contributed by atoms with Gasteiger partial charge in [0.1, 0.15) is 6.61 Å². The molecule has 2 unspecified atom stereocenters. The topological polar surface area (TPSA) is 61.8 Å². The van der Waals surface area contributed by atoms with Gasteiger partial charge < -0.3 is 14.2 Å². The highest BCUT2D eigenvalue weighted by Crippen LogP contribution is 2.67. The van der Waals surface area contributed by atoms with Crippen LogP contribution in [0.3, 0.4) is 0 Å². The van der Waals surface area contributed by atoms with Crippen molar-refractivity contribution in [3.05, 3.63) is 11.6 Å². The van der Waals surface area contributed by atoms with Gasteiger partial charge in [-0.25, -0.2) is 0 Å². The van der Waals surface area contributed by atoms with Crippen molar-refractivity contribution in [2.75, 3.05) is 13.2 Å². The number of carbonyl (C=O) groups is 2. The van der Waals surface area contributed by atoms with E-state index in [0.717, 1.165) is 74.0 Å². The highest BCUT2D eigenvalue weighted by Gasteiger charge is 2.59. The van der Waals surface area contributed by atoms with Crippen molar-refractivity contribution >= 4 is 11.9 Å². The molecule has 0 aromatic carbocycles. The Balaban J connectivity index is 1.20. The summed E-state index contributed by atoms with van der Waals surface area (Å²) in [6, 6.07) is 0. The van der Waals surface area contributed by atoms with Crippen LogP contribution in [0.1, 0.15) is 299 Å². The molecule has 0 spiro atoms. The summed E-state index contributed by atoms with van der Waals surface area (Å²) in [7, 11) is 0. The molecule has 4 aliphatic carbocycles. The molecule has 5 nitrogen and oxygen atoms in total. The van der Waals surface area contributed by atoms with E-state index in [1.54, 1.807) is 5.57 Å². The first-order valence-electron chi connectivity index (χ1n) is 30.2. The Hall–Kier alpha value is -1.36. The Bertz CT molecular complexity index is 1340. The molecule has 3 saturated carbocycles. The average Bonchev–Trinajstić information content (AvgIpc) is 3.67. The van der Waals surface area contributed by atoms with Crippen molar-refractivity contribution in [2.24, 2.45) is 46.3 Å². The highest BCUT2D eigenvalue weighted by molar-refractivity contribution is 5.70. The number of rotatable bonds is 39. The van der Waals surface area contributed by atoms with Gasteiger partial charge in [0.25, 0.3) is 0 Å². The van der Waals surface area contributed by atoms with E-state index in [1.165, 1.54) is 199 Å². The zero-order valence-corrected chi connectivity index (χ0v) is 45.7. The first-order chi connectivity index (χ1) is 32.5. The highest BCUT2D eigenvalue weighted by atomic mass is 16.6. The lowest BCUT2D eigenvalue weighted by Crippen LogP contribution is -2.51. The largest absolute Gasteiger partial charge is 0.462 e. The lowest BCUT2D eigenvalue weighted by molar-refractivity contribution is -0.165. The molecule has 4 rings (SSSR count). The van der Waals surface area contributed by atoms with Gasteiger partial charge in [-0.2, -0.15) is 0 Å². The Morgan fingerprint density at radius 2 is 1.10 bits per heavy atom. The fourth-order valence-electron chi connectivity index (χ4n) is 14.2. The van der Waals surface area contributed by atoms with Gasteiger partial charge in [-0.3, -0.25) is 9.59 Å². The molecule has 0 aromatic rings. The van der Waals surface area contributed by atoms with E-state index in [1.807, 2.05) is 0 Å². The standard InChI is InChI=1S/C62H112O5/c1-8-10-12-14-16-18-20-22-24-26-28-30-32-37-59(63)66-49-54(67-60(64)38-33-31-29-27-25-23-21-19-17-15-13-11-9-2)48-65-53-43-45-61(6)52(47-53)39-40-55-57-42-41-56(51(5)36-34-35-50(3)4)62(57,7)46-44-58(55)61/h39,50-51,53-58H,8-38,40-49H2,1-7H3/t51-,53?,54?,55+,56-,57+,58+,61+,62-/m1/s1. The van der Waals surface area contributed by atoms with Crippen molar-refractivity contribution in [1.82, 2.24) is 0 Å². The summed E-state index contributed by atoms with van der Waals surface area (Å²) in [5.41, 5.74) is 2.41. The molecule has 390 valence electrons.